The molecule has 3 heterocycles. The molecule has 1 aliphatic rings. The van der Waals surface area contributed by atoms with Gasteiger partial charge in [-0.3, -0.25) is 4.79 Å². The predicted molar refractivity (Wildman–Crippen MR) is 124 cm³/mol. The molecule has 4 aromatic rings. The van der Waals surface area contributed by atoms with Crippen LogP contribution in [0.4, 0.5) is 5.69 Å². The van der Waals surface area contributed by atoms with E-state index in [0.717, 1.165) is 21.8 Å². The molecule has 0 saturated carbocycles. The molecule has 0 spiro atoms. The highest BCUT2D eigenvalue weighted by Gasteiger charge is 2.22. The minimum atomic E-state index is -0.189. The summed E-state index contributed by atoms with van der Waals surface area (Å²) in [6.45, 7) is 1.38. The summed E-state index contributed by atoms with van der Waals surface area (Å²) in [5.74, 6) is 1.13. The first-order valence-electron chi connectivity index (χ1n) is 10.2. The third-order valence-electron chi connectivity index (χ3n) is 4.97. The van der Waals surface area contributed by atoms with Gasteiger partial charge in [-0.2, -0.15) is 0 Å². The van der Waals surface area contributed by atoms with Gasteiger partial charge in [0.1, 0.15) is 30.2 Å². The largest absolute Gasteiger partial charge is 0.486 e. The lowest BCUT2D eigenvalue weighted by Crippen LogP contribution is -2.31. The molecule has 2 aromatic heterocycles. The number of carbonyl (C=O) groups excluding carboxylic acids is 1. The molecular formula is C25H20N2O4S. The van der Waals surface area contributed by atoms with Gasteiger partial charge in [-0.15, -0.1) is 11.3 Å². The van der Waals surface area contributed by atoms with Crippen molar-refractivity contribution in [3.63, 3.8) is 0 Å². The Hall–Kier alpha value is -3.84. The molecular weight excluding hydrogens is 424 g/mol. The van der Waals surface area contributed by atoms with E-state index >= 15 is 0 Å². The summed E-state index contributed by atoms with van der Waals surface area (Å²) in [5.41, 5.74) is 3.02. The number of fused-ring (bicyclic) bond motifs is 1. The van der Waals surface area contributed by atoms with Crippen molar-refractivity contribution in [3.05, 3.63) is 89.8 Å². The molecule has 2 aromatic carbocycles. The van der Waals surface area contributed by atoms with Crippen LogP contribution in [0.1, 0.15) is 16.1 Å². The molecule has 160 valence electrons. The summed E-state index contributed by atoms with van der Waals surface area (Å²) in [5, 5.41) is 2.51. The van der Waals surface area contributed by atoms with Crippen LogP contribution in [0.25, 0.3) is 16.6 Å². The van der Waals surface area contributed by atoms with Gasteiger partial charge in [0, 0.05) is 29.2 Å². The van der Waals surface area contributed by atoms with Crippen LogP contribution < -0.4 is 14.4 Å². The first-order valence-corrected chi connectivity index (χ1v) is 11.1. The highest BCUT2D eigenvalue weighted by Crippen LogP contribution is 2.35. The van der Waals surface area contributed by atoms with Crippen molar-refractivity contribution < 1.29 is 18.7 Å². The second-order valence-corrected chi connectivity index (χ2v) is 7.96. The zero-order valence-corrected chi connectivity index (χ0v) is 18.0. The van der Waals surface area contributed by atoms with E-state index in [1.165, 1.54) is 11.3 Å². The Morgan fingerprint density at radius 3 is 2.72 bits per heavy atom. The molecule has 5 rings (SSSR count). The number of aromatic nitrogens is 1. The second-order valence-electron chi connectivity index (χ2n) is 7.11. The maximum atomic E-state index is 13.5. The first-order chi connectivity index (χ1) is 15.8. The Labute approximate surface area is 189 Å². The lowest BCUT2D eigenvalue weighted by molar-refractivity contribution is 0.0985. The molecule has 0 fully saturated rings. The van der Waals surface area contributed by atoms with Crippen LogP contribution in [0.3, 0.4) is 0 Å². The second kappa shape index (κ2) is 9.11. The molecule has 6 nitrogen and oxygen atoms in total. The van der Waals surface area contributed by atoms with Gasteiger partial charge in [-0.05, 0) is 23.8 Å². The maximum absolute atomic E-state index is 13.5. The zero-order chi connectivity index (χ0) is 21.8. The number of furan rings is 1. The summed E-state index contributed by atoms with van der Waals surface area (Å²) < 4.78 is 16.5. The molecule has 0 aliphatic carbocycles. The van der Waals surface area contributed by atoms with E-state index in [2.05, 4.69) is 4.98 Å². The van der Waals surface area contributed by atoms with Crippen molar-refractivity contribution in [1.82, 2.24) is 4.98 Å². The van der Waals surface area contributed by atoms with Gasteiger partial charge in [-0.25, -0.2) is 4.98 Å². The summed E-state index contributed by atoms with van der Waals surface area (Å²) in [6, 6.07) is 17.3. The van der Waals surface area contributed by atoms with Gasteiger partial charge in [0.05, 0.1) is 6.26 Å². The Kier molecular flexibility index (Phi) is 5.72. The van der Waals surface area contributed by atoms with Gasteiger partial charge < -0.3 is 18.8 Å². The van der Waals surface area contributed by atoms with E-state index in [1.54, 1.807) is 22.8 Å². The van der Waals surface area contributed by atoms with Crippen molar-refractivity contribution in [3.8, 4) is 22.1 Å². The molecule has 0 unspecified atom stereocenters. The van der Waals surface area contributed by atoms with E-state index in [0.29, 0.717) is 37.0 Å². The molecule has 32 heavy (non-hydrogen) atoms. The molecule has 1 aliphatic heterocycles. The smallest absolute Gasteiger partial charge is 0.278 e. The van der Waals surface area contributed by atoms with Crippen LogP contribution in [0.5, 0.6) is 11.5 Å². The summed E-state index contributed by atoms with van der Waals surface area (Å²) in [7, 11) is 0. The highest BCUT2D eigenvalue weighted by molar-refractivity contribution is 7.13. The van der Waals surface area contributed by atoms with E-state index in [1.807, 2.05) is 66.7 Å². The Balaban J connectivity index is 1.45. The Morgan fingerprint density at radius 2 is 1.91 bits per heavy atom. The average molecular weight is 445 g/mol. The fourth-order valence-corrected chi connectivity index (χ4v) is 4.17. The number of amides is 1. The van der Waals surface area contributed by atoms with E-state index in [-0.39, 0.29) is 5.91 Å². The molecule has 7 heteroatoms. The summed E-state index contributed by atoms with van der Waals surface area (Å²) >= 11 is 1.41. The topological polar surface area (TPSA) is 64.8 Å². The van der Waals surface area contributed by atoms with Gasteiger partial charge in [-0.1, -0.05) is 42.5 Å². The Morgan fingerprint density at radius 1 is 1.06 bits per heavy atom. The van der Waals surface area contributed by atoms with E-state index in [4.69, 9.17) is 13.9 Å². The molecule has 0 saturated heterocycles. The van der Waals surface area contributed by atoms with Gasteiger partial charge >= 0.3 is 0 Å². The number of nitrogens with zero attached hydrogens (tertiary/aromatic N) is 2. The van der Waals surface area contributed by atoms with Crippen LogP contribution in [0.2, 0.25) is 0 Å². The third-order valence-corrected chi connectivity index (χ3v) is 5.86. The lowest BCUT2D eigenvalue weighted by atomic mass is 10.2. The highest BCUT2D eigenvalue weighted by atomic mass is 32.1. The van der Waals surface area contributed by atoms with Crippen LogP contribution in [-0.2, 0) is 0 Å². The summed E-state index contributed by atoms with van der Waals surface area (Å²) in [4.78, 5) is 19.7. The maximum Gasteiger partial charge on any atom is 0.278 e. The first kappa shape index (κ1) is 20.1. The molecule has 0 atom stereocenters. The third kappa shape index (κ3) is 4.29. The minimum Gasteiger partial charge on any atom is -0.486 e. The molecule has 0 bridgehead atoms. The molecule has 0 N–H and O–H groups in total. The number of rotatable bonds is 6. The van der Waals surface area contributed by atoms with Crippen molar-refractivity contribution in [1.29, 1.82) is 0 Å². The quantitative estimate of drug-likeness (QED) is 0.391. The fraction of sp³-hybridized carbons (Fsp3) is 0.120. The number of anilines is 1. The minimum absolute atomic E-state index is 0.189. The number of benzene rings is 2. The summed E-state index contributed by atoms with van der Waals surface area (Å²) in [6.07, 6.45) is 7.17. The van der Waals surface area contributed by atoms with Crippen molar-refractivity contribution >= 4 is 29.0 Å². The van der Waals surface area contributed by atoms with Crippen LogP contribution in [0.15, 0.2) is 83.0 Å². The van der Waals surface area contributed by atoms with Crippen molar-refractivity contribution in [2.24, 2.45) is 0 Å². The number of thiazole rings is 1. The SMILES string of the molecule is O=C(c1csc(-c2ccoc2)n1)N(CC=Cc1ccccc1)c1ccc2c(c1)OCCO2. The number of hydrogen-bond acceptors (Lipinski definition) is 6. The van der Waals surface area contributed by atoms with Crippen LogP contribution in [-0.4, -0.2) is 30.6 Å². The average Bonchev–Trinajstić information content (AvgIpc) is 3.54. The predicted octanol–water partition coefficient (Wildman–Crippen LogP) is 5.53. The number of hydrogen-bond donors (Lipinski definition) is 0. The standard InChI is InChI=1S/C25H20N2O4S/c28-25(21-17-32-24(26-21)19-10-12-29-16-19)27(11-4-7-18-5-2-1-3-6-18)20-8-9-22-23(15-20)31-14-13-30-22/h1-10,12,15-17H,11,13-14H2. The normalized spacial score (nSPS) is 12.8. The van der Waals surface area contributed by atoms with Crippen LogP contribution in [0, 0.1) is 0 Å². The lowest BCUT2D eigenvalue weighted by Gasteiger charge is -2.24. The van der Waals surface area contributed by atoms with Crippen molar-refractivity contribution in [2.45, 2.75) is 0 Å². The van der Waals surface area contributed by atoms with Gasteiger partial charge in [0.25, 0.3) is 5.91 Å². The number of carbonyl (C=O) groups is 1. The molecule has 0 radical (unpaired) electrons. The zero-order valence-electron chi connectivity index (χ0n) is 17.1. The van der Waals surface area contributed by atoms with Crippen LogP contribution >= 0.6 is 11.3 Å². The molecule has 1 amide bonds. The van der Waals surface area contributed by atoms with E-state index < -0.39 is 0 Å². The Bertz CT molecular complexity index is 1230. The monoisotopic (exact) mass is 444 g/mol. The van der Waals surface area contributed by atoms with Gasteiger partial charge in [0.15, 0.2) is 11.5 Å². The fourth-order valence-electron chi connectivity index (χ4n) is 3.39. The van der Waals surface area contributed by atoms with E-state index in [9.17, 15) is 4.79 Å². The van der Waals surface area contributed by atoms with Gasteiger partial charge in [0.2, 0.25) is 0 Å². The number of ether oxygens (including phenoxy) is 2. The van der Waals surface area contributed by atoms with Crippen molar-refractivity contribution in [2.75, 3.05) is 24.7 Å².